The molecule has 0 radical (unpaired) electrons. The fraction of sp³-hybridized carbons (Fsp3) is 1.00. The molecular formula is C10H20NO3P. The fourth-order valence-corrected chi connectivity index (χ4v) is 4.42. The normalized spacial score (nSPS) is 36.5. The molecular weight excluding hydrogens is 213 g/mol. The fourth-order valence-electron chi connectivity index (χ4n) is 2.86. The van der Waals surface area contributed by atoms with E-state index in [0.717, 1.165) is 6.42 Å². The molecule has 1 saturated carbocycles. The molecule has 0 aromatic heterocycles. The van der Waals surface area contributed by atoms with Crippen LogP contribution in [0.25, 0.3) is 0 Å². The molecule has 4 nitrogen and oxygen atoms in total. The predicted molar refractivity (Wildman–Crippen MR) is 58.9 cm³/mol. The summed E-state index contributed by atoms with van der Waals surface area (Å²) < 4.78 is 22.3. The summed E-state index contributed by atoms with van der Waals surface area (Å²) in [6, 6.07) is 0.530. The SMILES string of the molecule is COP(=O)(OC)[C@H]1C[C@H]2CCCC[C@H]2N1. The van der Waals surface area contributed by atoms with Gasteiger partial charge in [0.1, 0.15) is 5.78 Å². The minimum Gasteiger partial charge on any atom is -0.311 e. The maximum absolute atomic E-state index is 12.2. The lowest BCUT2D eigenvalue weighted by Gasteiger charge is -2.24. The van der Waals surface area contributed by atoms with E-state index in [4.69, 9.17) is 9.05 Å². The Hall–Kier alpha value is 0.110. The second kappa shape index (κ2) is 4.54. The summed E-state index contributed by atoms with van der Waals surface area (Å²) in [4.78, 5) is 0. The van der Waals surface area contributed by atoms with Crippen LogP contribution in [-0.4, -0.2) is 26.0 Å². The highest BCUT2D eigenvalue weighted by molar-refractivity contribution is 7.54. The lowest BCUT2D eigenvalue weighted by atomic mass is 9.86. The first-order valence-electron chi connectivity index (χ1n) is 5.67. The van der Waals surface area contributed by atoms with Gasteiger partial charge in [-0.05, 0) is 25.2 Å². The maximum Gasteiger partial charge on any atom is 0.346 e. The van der Waals surface area contributed by atoms with Gasteiger partial charge in [0.15, 0.2) is 0 Å². The van der Waals surface area contributed by atoms with Gasteiger partial charge in [0.2, 0.25) is 0 Å². The molecule has 0 aromatic carbocycles. The first kappa shape index (κ1) is 11.6. The Balaban J connectivity index is 2.04. The van der Waals surface area contributed by atoms with Crippen molar-refractivity contribution in [3.8, 4) is 0 Å². The van der Waals surface area contributed by atoms with Crippen LogP contribution in [0.5, 0.6) is 0 Å². The van der Waals surface area contributed by atoms with Crippen LogP contribution < -0.4 is 5.32 Å². The summed E-state index contributed by atoms with van der Waals surface area (Å²) in [6.07, 6.45) is 5.98. The van der Waals surface area contributed by atoms with Crippen molar-refractivity contribution in [2.24, 2.45) is 5.92 Å². The number of fused-ring (bicyclic) bond motifs is 1. The van der Waals surface area contributed by atoms with Crippen LogP contribution >= 0.6 is 7.60 Å². The van der Waals surface area contributed by atoms with Crippen LogP contribution in [0.1, 0.15) is 32.1 Å². The first-order valence-corrected chi connectivity index (χ1v) is 7.28. The van der Waals surface area contributed by atoms with Crippen molar-refractivity contribution < 1.29 is 13.6 Å². The molecule has 3 atom stereocenters. The smallest absolute Gasteiger partial charge is 0.311 e. The summed E-state index contributed by atoms with van der Waals surface area (Å²) in [7, 11) is 0.0192. The van der Waals surface area contributed by atoms with Crippen molar-refractivity contribution in [3.05, 3.63) is 0 Å². The molecule has 1 N–H and O–H groups in total. The average molecular weight is 233 g/mol. The highest BCUT2D eigenvalue weighted by Crippen LogP contribution is 2.55. The highest BCUT2D eigenvalue weighted by atomic mass is 31.2. The quantitative estimate of drug-likeness (QED) is 0.760. The van der Waals surface area contributed by atoms with E-state index in [1.165, 1.54) is 39.9 Å². The van der Waals surface area contributed by atoms with Gasteiger partial charge in [-0.2, -0.15) is 0 Å². The Kier molecular flexibility index (Phi) is 3.51. The third kappa shape index (κ3) is 2.14. The number of nitrogens with one attached hydrogen (secondary N) is 1. The molecule has 5 heteroatoms. The van der Waals surface area contributed by atoms with E-state index in [0.29, 0.717) is 12.0 Å². The minimum atomic E-state index is -2.91. The zero-order valence-electron chi connectivity index (χ0n) is 9.44. The molecule has 2 fully saturated rings. The molecule has 2 aliphatic rings. The van der Waals surface area contributed by atoms with E-state index in [1.54, 1.807) is 0 Å². The van der Waals surface area contributed by atoms with Gasteiger partial charge in [0.05, 0.1) is 0 Å². The van der Waals surface area contributed by atoms with Crippen LogP contribution in [0.3, 0.4) is 0 Å². The summed E-state index contributed by atoms with van der Waals surface area (Å²) in [5.41, 5.74) is 0. The van der Waals surface area contributed by atoms with E-state index in [-0.39, 0.29) is 5.78 Å². The zero-order valence-corrected chi connectivity index (χ0v) is 10.3. The van der Waals surface area contributed by atoms with Gasteiger partial charge in [0.25, 0.3) is 0 Å². The summed E-state index contributed by atoms with van der Waals surface area (Å²) >= 11 is 0. The second-order valence-electron chi connectivity index (χ2n) is 4.47. The van der Waals surface area contributed by atoms with E-state index < -0.39 is 7.60 Å². The molecule has 0 amide bonds. The molecule has 0 unspecified atom stereocenters. The van der Waals surface area contributed by atoms with Gasteiger partial charge in [-0.15, -0.1) is 0 Å². The molecule has 1 saturated heterocycles. The van der Waals surface area contributed by atoms with Crippen LogP contribution in [-0.2, 0) is 13.6 Å². The van der Waals surface area contributed by atoms with Crippen LogP contribution in [0.4, 0.5) is 0 Å². The summed E-state index contributed by atoms with van der Waals surface area (Å²) in [6.45, 7) is 0. The van der Waals surface area contributed by atoms with E-state index in [2.05, 4.69) is 5.32 Å². The van der Waals surface area contributed by atoms with Gasteiger partial charge < -0.3 is 14.4 Å². The van der Waals surface area contributed by atoms with Crippen molar-refractivity contribution in [3.63, 3.8) is 0 Å². The Bertz CT molecular complexity index is 249. The van der Waals surface area contributed by atoms with Gasteiger partial charge >= 0.3 is 7.60 Å². The lowest BCUT2D eigenvalue weighted by molar-refractivity contribution is 0.261. The van der Waals surface area contributed by atoms with E-state index in [9.17, 15) is 4.57 Å². The largest absolute Gasteiger partial charge is 0.346 e. The standard InChI is InChI=1S/C10H20NO3P/c1-13-15(12,14-2)10-7-8-5-3-4-6-9(8)11-10/h8-11H,3-7H2,1-2H3/t8-,9-,10+/m1/s1. The topological polar surface area (TPSA) is 47.6 Å². The molecule has 2 rings (SSSR count). The predicted octanol–water partition coefficient (Wildman–Crippen LogP) is 2.35. The Morgan fingerprint density at radius 1 is 1.20 bits per heavy atom. The lowest BCUT2D eigenvalue weighted by Crippen LogP contribution is -2.33. The van der Waals surface area contributed by atoms with Crippen molar-refractivity contribution in [2.75, 3.05) is 14.2 Å². The van der Waals surface area contributed by atoms with Crippen molar-refractivity contribution in [1.29, 1.82) is 0 Å². The Morgan fingerprint density at radius 2 is 1.87 bits per heavy atom. The van der Waals surface area contributed by atoms with E-state index >= 15 is 0 Å². The van der Waals surface area contributed by atoms with Crippen molar-refractivity contribution >= 4 is 7.60 Å². The molecule has 0 aromatic rings. The molecule has 1 aliphatic heterocycles. The maximum atomic E-state index is 12.2. The first-order chi connectivity index (χ1) is 7.19. The van der Waals surface area contributed by atoms with E-state index in [1.807, 2.05) is 0 Å². The van der Waals surface area contributed by atoms with Crippen LogP contribution in [0.2, 0.25) is 0 Å². The number of rotatable bonds is 3. The van der Waals surface area contributed by atoms with Gasteiger partial charge in [-0.3, -0.25) is 4.57 Å². The van der Waals surface area contributed by atoms with Crippen molar-refractivity contribution in [2.45, 2.75) is 43.9 Å². The van der Waals surface area contributed by atoms with Crippen LogP contribution in [0.15, 0.2) is 0 Å². The molecule has 1 aliphatic carbocycles. The molecule has 0 spiro atoms. The monoisotopic (exact) mass is 233 g/mol. The summed E-state index contributed by atoms with van der Waals surface area (Å²) in [5, 5.41) is 3.42. The summed E-state index contributed by atoms with van der Waals surface area (Å²) in [5.74, 6) is 0.572. The molecule has 0 bridgehead atoms. The van der Waals surface area contributed by atoms with Gasteiger partial charge in [-0.1, -0.05) is 12.8 Å². The van der Waals surface area contributed by atoms with Gasteiger partial charge in [0, 0.05) is 20.3 Å². The molecule has 88 valence electrons. The Morgan fingerprint density at radius 3 is 2.47 bits per heavy atom. The minimum absolute atomic E-state index is 0.0967. The molecule has 1 heterocycles. The Labute approximate surface area is 91.3 Å². The van der Waals surface area contributed by atoms with Crippen molar-refractivity contribution in [1.82, 2.24) is 5.32 Å². The third-order valence-corrected chi connectivity index (χ3v) is 5.87. The number of hydrogen-bond acceptors (Lipinski definition) is 4. The highest BCUT2D eigenvalue weighted by Gasteiger charge is 2.44. The van der Waals surface area contributed by atoms with Crippen LogP contribution in [0, 0.1) is 5.92 Å². The number of hydrogen-bond donors (Lipinski definition) is 1. The second-order valence-corrected chi connectivity index (χ2v) is 6.91. The average Bonchev–Trinajstić information content (AvgIpc) is 2.72. The zero-order chi connectivity index (χ0) is 10.9. The molecule has 15 heavy (non-hydrogen) atoms. The van der Waals surface area contributed by atoms with Gasteiger partial charge in [-0.25, -0.2) is 0 Å². The third-order valence-electron chi connectivity index (χ3n) is 3.73.